The number of hydrogen-bond donors (Lipinski definition) is 3. The largest absolute Gasteiger partial charge is 0.449 e. The number of rotatable bonds is 6. The zero-order chi connectivity index (χ0) is 18.6. The van der Waals surface area contributed by atoms with Gasteiger partial charge in [-0.3, -0.25) is 5.32 Å². The van der Waals surface area contributed by atoms with E-state index in [9.17, 15) is 24.2 Å². The lowest BCUT2D eigenvalue weighted by atomic mass is 10.1. The molecule has 25 heavy (non-hydrogen) atoms. The van der Waals surface area contributed by atoms with E-state index in [-0.39, 0.29) is 12.4 Å². The molecule has 1 amide bonds. The van der Waals surface area contributed by atoms with Gasteiger partial charge in [-0.1, -0.05) is 19.8 Å². The van der Waals surface area contributed by atoms with Crippen molar-refractivity contribution < 1.29 is 28.9 Å². The highest BCUT2D eigenvalue weighted by molar-refractivity contribution is 5.83. The van der Waals surface area contributed by atoms with Crippen LogP contribution in [0.2, 0.25) is 0 Å². The van der Waals surface area contributed by atoms with Crippen LogP contribution in [0, 0.1) is 0 Å². The van der Waals surface area contributed by atoms with Crippen molar-refractivity contribution in [2.75, 3.05) is 11.9 Å². The number of aliphatic hydroxyl groups is 2. The number of hydrogen-bond acceptors (Lipinski definition) is 7. The lowest BCUT2D eigenvalue weighted by Crippen LogP contribution is -2.47. The van der Waals surface area contributed by atoms with Crippen molar-refractivity contribution in [1.82, 2.24) is 9.55 Å². The van der Waals surface area contributed by atoms with E-state index < -0.39 is 36.1 Å². The summed E-state index contributed by atoms with van der Waals surface area (Å²) < 4.78 is 25.0. The number of ether oxygens (including phenoxy) is 2. The first-order chi connectivity index (χ1) is 11.8. The van der Waals surface area contributed by atoms with Crippen LogP contribution in [0.3, 0.4) is 0 Å². The standard InChI is InChI=1S/C15H22FN3O6/c1-3-4-5-8-24-14(23)18-10-6-7-19(13(22)17-10)15(16)12(21)11(20)9(2)25-15/h6-7,9,11-12,20-21H,3-5,8H2,1-2H3,(H,17,18,22,23)/t9-,11-,12-,15+/m1/s1. The highest BCUT2D eigenvalue weighted by Crippen LogP contribution is 2.35. The fourth-order valence-corrected chi connectivity index (χ4v) is 2.43. The Kier molecular flexibility index (Phi) is 6.09. The third kappa shape index (κ3) is 4.14. The third-order valence-electron chi connectivity index (χ3n) is 3.86. The second kappa shape index (κ2) is 7.89. The lowest BCUT2D eigenvalue weighted by molar-refractivity contribution is -0.234. The van der Waals surface area contributed by atoms with Crippen LogP contribution in [-0.4, -0.2) is 50.8 Å². The molecule has 10 heteroatoms. The monoisotopic (exact) mass is 359 g/mol. The number of nitrogens with zero attached hydrogens (tertiary/aromatic N) is 2. The van der Waals surface area contributed by atoms with E-state index in [1.807, 2.05) is 6.92 Å². The lowest BCUT2D eigenvalue weighted by Gasteiger charge is -2.24. The van der Waals surface area contributed by atoms with Crippen LogP contribution in [0.4, 0.5) is 15.0 Å². The highest BCUT2D eigenvalue weighted by atomic mass is 19.2. The molecule has 140 valence electrons. The summed E-state index contributed by atoms with van der Waals surface area (Å²) in [5.41, 5.74) is -1.10. The van der Waals surface area contributed by atoms with Crippen molar-refractivity contribution >= 4 is 11.9 Å². The summed E-state index contributed by atoms with van der Waals surface area (Å²) in [5, 5.41) is 21.7. The smallest absolute Gasteiger partial charge is 0.412 e. The summed E-state index contributed by atoms with van der Waals surface area (Å²) in [6.07, 6.45) is -1.64. The molecule has 0 bridgehead atoms. The first kappa shape index (κ1) is 19.3. The van der Waals surface area contributed by atoms with E-state index in [4.69, 9.17) is 9.47 Å². The highest BCUT2D eigenvalue weighted by Gasteiger charge is 2.55. The van der Waals surface area contributed by atoms with Crippen molar-refractivity contribution in [1.29, 1.82) is 0 Å². The van der Waals surface area contributed by atoms with Crippen LogP contribution in [0.1, 0.15) is 33.1 Å². The molecule has 4 atom stereocenters. The molecule has 0 spiro atoms. The van der Waals surface area contributed by atoms with Crippen LogP contribution < -0.4 is 11.0 Å². The fraction of sp³-hybridized carbons (Fsp3) is 0.667. The number of aromatic nitrogens is 2. The Balaban J connectivity index is 2.06. The molecule has 1 fully saturated rings. The van der Waals surface area contributed by atoms with Crippen molar-refractivity contribution in [3.8, 4) is 0 Å². The average Bonchev–Trinajstić information content (AvgIpc) is 2.75. The van der Waals surface area contributed by atoms with Gasteiger partial charge in [-0.25, -0.2) is 14.2 Å². The number of aliphatic hydroxyl groups excluding tert-OH is 2. The maximum atomic E-state index is 14.8. The molecule has 2 heterocycles. The number of carbonyl (C=O) groups is 1. The maximum Gasteiger partial charge on any atom is 0.412 e. The van der Waals surface area contributed by atoms with E-state index in [2.05, 4.69) is 10.3 Å². The number of alkyl halides is 1. The Bertz CT molecular complexity index is 669. The predicted octanol–water partition coefficient (Wildman–Crippen LogP) is 0.702. The summed E-state index contributed by atoms with van der Waals surface area (Å²) in [6.45, 7) is 3.61. The number of halogens is 1. The first-order valence-corrected chi connectivity index (χ1v) is 8.06. The van der Waals surface area contributed by atoms with Gasteiger partial charge in [0, 0.05) is 6.20 Å². The molecule has 1 aromatic heterocycles. The minimum atomic E-state index is -2.94. The van der Waals surface area contributed by atoms with Crippen LogP contribution >= 0.6 is 0 Å². The van der Waals surface area contributed by atoms with Crippen LogP contribution in [0.5, 0.6) is 0 Å². The Morgan fingerprint density at radius 3 is 2.80 bits per heavy atom. The van der Waals surface area contributed by atoms with Gasteiger partial charge in [-0.05, 0) is 19.4 Å². The minimum absolute atomic E-state index is 0.133. The van der Waals surface area contributed by atoms with Crippen LogP contribution in [-0.2, 0) is 15.5 Å². The minimum Gasteiger partial charge on any atom is -0.449 e. The molecule has 1 saturated heterocycles. The summed E-state index contributed by atoms with van der Waals surface area (Å²) in [5.74, 6) is -3.08. The molecule has 1 aromatic rings. The molecular formula is C15H22FN3O6. The summed E-state index contributed by atoms with van der Waals surface area (Å²) in [4.78, 5) is 27.1. The number of carbonyl (C=O) groups excluding carboxylic acids is 1. The predicted molar refractivity (Wildman–Crippen MR) is 84.6 cm³/mol. The Morgan fingerprint density at radius 1 is 1.52 bits per heavy atom. The molecule has 0 unspecified atom stereocenters. The Hall–Kier alpha value is -2.04. The van der Waals surface area contributed by atoms with Crippen molar-refractivity contribution in [3.63, 3.8) is 0 Å². The van der Waals surface area contributed by atoms with Crippen molar-refractivity contribution in [2.24, 2.45) is 0 Å². The van der Waals surface area contributed by atoms with E-state index >= 15 is 0 Å². The first-order valence-electron chi connectivity index (χ1n) is 8.06. The molecule has 9 nitrogen and oxygen atoms in total. The zero-order valence-corrected chi connectivity index (χ0v) is 14.0. The van der Waals surface area contributed by atoms with E-state index in [1.165, 1.54) is 6.92 Å². The molecule has 0 aliphatic carbocycles. The topological polar surface area (TPSA) is 123 Å². The van der Waals surface area contributed by atoms with Gasteiger partial charge in [0.1, 0.15) is 11.9 Å². The fourth-order valence-electron chi connectivity index (χ4n) is 2.43. The summed E-state index contributed by atoms with van der Waals surface area (Å²) in [6, 6.07) is 1.15. The van der Waals surface area contributed by atoms with Gasteiger partial charge >= 0.3 is 17.8 Å². The van der Waals surface area contributed by atoms with Crippen LogP contribution in [0.15, 0.2) is 17.1 Å². The van der Waals surface area contributed by atoms with Gasteiger partial charge in [0.25, 0.3) is 0 Å². The second-order valence-electron chi connectivity index (χ2n) is 5.80. The van der Waals surface area contributed by atoms with Gasteiger partial charge in [0.05, 0.1) is 12.7 Å². The van der Waals surface area contributed by atoms with Gasteiger partial charge < -0.3 is 19.7 Å². The second-order valence-corrected chi connectivity index (χ2v) is 5.80. The number of amides is 1. The number of unbranched alkanes of at least 4 members (excludes halogenated alkanes) is 2. The molecular weight excluding hydrogens is 337 g/mol. The van der Waals surface area contributed by atoms with Gasteiger partial charge in [-0.15, -0.1) is 0 Å². The number of anilines is 1. The molecule has 0 aromatic carbocycles. The van der Waals surface area contributed by atoms with Crippen molar-refractivity contribution in [2.45, 2.75) is 57.4 Å². The molecule has 2 rings (SSSR count). The van der Waals surface area contributed by atoms with E-state index in [1.54, 1.807) is 0 Å². The van der Waals surface area contributed by atoms with E-state index in [0.717, 1.165) is 31.5 Å². The third-order valence-corrected chi connectivity index (χ3v) is 3.86. The molecule has 0 saturated carbocycles. The average molecular weight is 359 g/mol. The van der Waals surface area contributed by atoms with Crippen LogP contribution in [0.25, 0.3) is 0 Å². The Morgan fingerprint density at radius 2 is 2.24 bits per heavy atom. The number of nitrogens with one attached hydrogen (secondary N) is 1. The summed E-state index contributed by atoms with van der Waals surface area (Å²) in [7, 11) is 0. The Labute approximate surface area is 143 Å². The molecule has 0 radical (unpaired) electrons. The molecule has 1 aliphatic rings. The van der Waals surface area contributed by atoms with E-state index in [0.29, 0.717) is 4.57 Å². The SMILES string of the molecule is CCCCCOC(=O)Nc1ccn([C@]2(F)O[C@H](C)[C@@H](O)[C@H]2O)c(=O)n1. The zero-order valence-electron chi connectivity index (χ0n) is 14.0. The van der Waals surface area contributed by atoms with Crippen molar-refractivity contribution in [3.05, 3.63) is 22.7 Å². The van der Waals surface area contributed by atoms with Gasteiger partial charge in [-0.2, -0.15) is 9.37 Å². The molecule has 3 N–H and O–H groups in total. The quantitative estimate of drug-likeness (QED) is 0.639. The van der Waals surface area contributed by atoms with Gasteiger partial charge in [0.2, 0.25) is 0 Å². The normalized spacial score (nSPS) is 28.8. The van der Waals surface area contributed by atoms with Gasteiger partial charge in [0.15, 0.2) is 6.10 Å². The maximum absolute atomic E-state index is 14.8. The molecule has 1 aliphatic heterocycles. The summed E-state index contributed by atoms with van der Waals surface area (Å²) >= 11 is 0.